The Hall–Kier alpha value is -0.620. The van der Waals surface area contributed by atoms with E-state index < -0.39 is 0 Å². The maximum atomic E-state index is 5.47. The second-order valence-corrected chi connectivity index (χ2v) is 4.52. The van der Waals surface area contributed by atoms with Crippen molar-refractivity contribution in [2.75, 3.05) is 33.7 Å². The average Bonchev–Trinajstić information content (AvgIpc) is 3.15. The molecular formula is C12H15BrO4. The topological polar surface area (TPSA) is 40.2 Å². The number of hydrogen-bond acceptors (Lipinski definition) is 4. The van der Waals surface area contributed by atoms with E-state index in [-0.39, 0.29) is 12.9 Å². The van der Waals surface area contributed by atoms with Crippen molar-refractivity contribution in [3.8, 4) is 5.75 Å². The number of rotatable bonds is 7. The van der Waals surface area contributed by atoms with E-state index in [2.05, 4.69) is 15.9 Å². The van der Waals surface area contributed by atoms with Crippen LogP contribution in [0.1, 0.15) is 11.7 Å². The SMILES string of the molecule is COCCOCOc1ccc(Br)c([C@H]2CO2)c1. The predicted molar refractivity (Wildman–Crippen MR) is 66.2 cm³/mol. The molecule has 1 atom stereocenters. The molecule has 0 spiro atoms. The van der Waals surface area contributed by atoms with Crippen LogP contribution in [0.4, 0.5) is 0 Å². The Balaban J connectivity index is 1.82. The second-order valence-electron chi connectivity index (χ2n) is 3.67. The van der Waals surface area contributed by atoms with Crippen LogP contribution in [0.2, 0.25) is 0 Å². The third-order valence-corrected chi connectivity index (χ3v) is 3.11. The summed E-state index contributed by atoms with van der Waals surface area (Å²) in [6.45, 7) is 2.12. The summed E-state index contributed by atoms with van der Waals surface area (Å²) in [6.07, 6.45) is 0.210. The van der Waals surface area contributed by atoms with Gasteiger partial charge in [0.1, 0.15) is 11.9 Å². The molecule has 94 valence electrons. The smallest absolute Gasteiger partial charge is 0.189 e. The Kier molecular flexibility index (Phi) is 4.79. The molecule has 5 heteroatoms. The Labute approximate surface area is 109 Å². The number of ether oxygens (including phenoxy) is 4. The molecule has 0 radical (unpaired) electrons. The van der Waals surface area contributed by atoms with Crippen LogP contribution in [0.25, 0.3) is 0 Å². The zero-order chi connectivity index (χ0) is 12.1. The average molecular weight is 303 g/mol. The molecule has 0 aliphatic carbocycles. The van der Waals surface area contributed by atoms with Gasteiger partial charge in [-0.05, 0) is 18.2 Å². The Morgan fingerprint density at radius 1 is 1.41 bits per heavy atom. The lowest BCUT2D eigenvalue weighted by atomic mass is 10.1. The van der Waals surface area contributed by atoms with Gasteiger partial charge in [0.2, 0.25) is 0 Å². The van der Waals surface area contributed by atoms with Gasteiger partial charge in [0.15, 0.2) is 6.79 Å². The first-order valence-corrected chi connectivity index (χ1v) is 6.21. The van der Waals surface area contributed by atoms with E-state index >= 15 is 0 Å². The van der Waals surface area contributed by atoms with E-state index in [1.54, 1.807) is 7.11 Å². The van der Waals surface area contributed by atoms with E-state index in [9.17, 15) is 0 Å². The molecule has 0 saturated carbocycles. The summed E-state index contributed by atoms with van der Waals surface area (Å²) in [5.41, 5.74) is 1.12. The van der Waals surface area contributed by atoms with Crippen LogP contribution in [0.15, 0.2) is 22.7 Å². The first kappa shape index (κ1) is 12.8. The van der Waals surface area contributed by atoms with Gasteiger partial charge in [-0.1, -0.05) is 15.9 Å². The molecule has 0 amide bonds. The van der Waals surface area contributed by atoms with Crippen LogP contribution >= 0.6 is 15.9 Å². The van der Waals surface area contributed by atoms with E-state index in [4.69, 9.17) is 18.9 Å². The Morgan fingerprint density at radius 2 is 2.24 bits per heavy atom. The molecule has 1 aliphatic rings. The van der Waals surface area contributed by atoms with Crippen molar-refractivity contribution < 1.29 is 18.9 Å². The lowest BCUT2D eigenvalue weighted by Crippen LogP contribution is -2.07. The van der Waals surface area contributed by atoms with Gasteiger partial charge < -0.3 is 18.9 Å². The quantitative estimate of drug-likeness (QED) is 0.441. The number of hydrogen-bond donors (Lipinski definition) is 0. The van der Waals surface area contributed by atoms with Gasteiger partial charge in [-0.25, -0.2) is 0 Å². The largest absolute Gasteiger partial charge is 0.468 e. The van der Waals surface area contributed by atoms with Gasteiger partial charge >= 0.3 is 0 Å². The normalized spacial score (nSPS) is 18.1. The molecule has 1 aromatic carbocycles. The maximum absolute atomic E-state index is 5.47. The molecule has 1 heterocycles. The summed E-state index contributed by atoms with van der Waals surface area (Å²) in [5.74, 6) is 0.788. The molecule has 1 aliphatic heterocycles. The van der Waals surface area contributed by atoms with Crippen LogP contribution < -0.4 is 4.74 Å². The highest BCUT2D eigenvalue weighted by molar-refractivity contribution is 9.10. The fraction of sp³-hybridized carbons (Fsp3) is 0.500. The molecular weight excluding hydrogens is 288 g/mol. The molecule has 1 saturated heterocycles. The third kappa shape index (κ3) is 3.96. The highest BCUT2D eigenvalue weighted by Crippen LogP contribution is 2.36. The van der Waals surface area contributed by atoms with Crippen molar-refractivity contribution in [2.45, 2.75) is 6.10 Å². The van der Waals surface area contributed by atoms with Crippen LogP contribution in [0.3, 0.4) is 0 Å². The lowest BCUT2D eigenvalue weighted by Gasteiger charge is -2.09. The zero-order valence-corrected chi connectivity index (χ0v) is 11.2. The molecule has 17 heavy (non-hydrogen) atoms. The summed E-state index contributed by atoms with van der Waals surface area (Å²) in [7, 11) is 1.64. The van der Waals surface area contributed by atoms with Gasteiger partial charge in [0, 0.05) is 17.1 Å². The Bertz CT molecular complexity index is 366. The van der Waals surface area contributed by atoms with Crippen molar-refractivity contribution >= 4 is 15.9 Å². The predicted octanol–water partition coefficient (Wildman–Crippen LogP) is 2.52. The monoisotopic (exact) mass is 302 g/mol. The molecule has 0 unspecified atom stereocenters. The van der Waals surface area contributed by atoms with E-state index in [1.165, 1.54) is 0 Å². The van der Waals surface area contributed by atoms with Crippen LogP contribution in [-0.4, -0.2) is 33.7 Å². The summed E-state index contributed by atoms with van der Waals surface area (Å²) in [5, 5.41) is 0. The van der Waals surface area contributed by atoms with Crippen molar-refractivity contribution in [1.29, 1.82) is 0 Å². The lowest BCUT2D eigenvalue weighted by molar-refractivity contribution is -0.00851. The molecule has 0 N–H and O–H groups in total. The second kappa shape index (κ2) is 6.35. The summed E-state index contributed by atoms with van der Waals surface area (Å²) in [4.78, 5) is 0. The fourth-order valence-electron chi connectivity index (χ4n) is 1.40. The maximum Gasteiger partial charge on any atom is 0.189 e. The minimum absolute atomic E-state index is 0.210. The Morgan fingerprint density at radius 3 is 2.94 bits per heavy atom. The van der Waals surface area contributed by atoms with E-state index in [1.807, 2.05) is 18.2 Å². The van der Waals surface area contributed by atoms with E-state index in [0.29, 0.717) is 13.2 Å². The molecule has 4 nitrogen and oxygen atoms in total. The summed E-state index contributed by atoms with van der Waals surface area (Å²) >= 11 is 3.49. The fourth-order valence-corrected chi connectivity index (χ4v) is 1.90. The standard InChI is InChI=1S/C12H15BrO4/c1-14-4-5-15-8-17-9-2-3-11(13)10(6-9)12-7-16-12/h2-3,6,12H,4-5,7-8H2,1H3/t12-/m1/s1. The first-order chi connectivity index (χ1) is 8.31. The van der Waals surface area contributed by atoms with Gasteiger partial charge in [0.05, 0.1) is 19.8 Å². The molecule has 0 bridgehead atoms. The highest BCUT2D eigenvalue weighted by atomic mass is 79.9. The van der Waals surface area contributed by atoms with Crippen molar-refractivity contribution in [3.63, 3.8) is 0 Å². The molecule has 2 rings (SSSR count). The van der Waals surface area contributed by atoms with Gasteiger partial charge in [0.25, 0.3) is 0 Å². The van der Waals surface area contributed by atoms with Crippen molar-refractivity contribution in [3.05, 3.63) is 28.2 Å². The summed E-state index contributed by atoms with van der Waals surface area (Å²) < 4.78 is 21.9. The molecule has 1 aromatic rings. The van der Waals surface area contributed by atoms with E-state index in [0.717, 1.165) is 22.4 Å². The van der Waals surface area contributed by atoms with Crippen LogP contribution in [0, 0.1) is 0 Å². The highest BCUT2D eigenvalue weighted by Gasteiger charge is 2.27. The minimum atomic E-state index is 0.210. The van der Waals surface area contributed by atoms with Gasteiger partial charge in [-0.3, -0.25) is 0 Å². The number of epoxide rings is 1. The van der Waals surface area contributed by atoms with Gasteiger partial charge in [-0.2, -0.15) is 0 Å². The minimum Gasteiger partial charge on any atom is -0.468 e. The van der Waals surface area contributed by atoms with Crippen molar-refractivity contribution in [2.24, 2.45) is 0 Å². The van der Waals surface area contributed by atoms with Crippen molar-refractivity contribution in [1.82, 2.24) is 0 Å². The van der Waals surface area contributed by atoms with Crippen LogP contribution in [-0.2, 0) is 14.2 Å². The summed E-state index contributed by atoms with van der Waals surface area (Å²) in [6, 6.07) is 5.83. The number of benzene rings is 1. The third-order valence-electron chi connectivity index (χ3n) is 2.39. The first-order valence-electron chi connectivity index (χ1n) is 5.42. The number of methoxy groups -OCH3 is 1. The number of halogens is 1. The molecule has 0 aromatic heterocycles. The zero-order valence-electron chi connectivity index (χ0n) is 9.65. The van der Waals surface area contributed by atoms with Crippen LogP contribution in [0.5, 0.6) is 5.75 Å². The van der Waals surface area contributed by atoms with Gasteiger partial charge in [-0.15, -0.1) is 0 Å². The molecule has 1 fully saturated rings.